The van der Waals surface area contributed by atoms with Crippen molar-refractivity contribution in [3.63, 3.8) is 0 Å². The molecule has 2 aliphatic rings. The SMILES string of the molecule is CCCN(CCCN1CCCC1)C1(CN)CCCC(C)C1. The van der Waals surface area contributed by atoms with Gasteiger partial charge >= 0.3 is 0 Å². The third-order valence-electron chi connectivity index (χ3n) is 5.71. The van der Waals surface area contributed by atoms with Gasteiger partial charge in [-0.25, -0.2) is 0 Å². The third kappa shape index (κ3) is 4.67. The maximum Gasteiger partial charge on any atom is 0.0334 e. The standard InChI is InChI=1S/C18H37N3/c1-3-10-21(14-7-13-20-11-4-5-12-20)18(16-19)9-6-8-17(2)15-18/h17H,3-16,19H2,1-2H3. The van der Waals surface area contributed by atoms with Gasteiger partial charge in [0, 0.05) is 12.1 Å². The molecule has 0 aromatic heterocycles. The van der Waals surface area contributed by atoms with Crippen molar-refractivity contribution in [3.05, 3.63) is 0 Å². The molecule has 0 radical (unpaired) electrons. The van der Waals surface area contributed by atoms with E-state index in [1.54, 1.807) is 0 Å². The molecule has 2 atom stereocenters. The fraction of sp³-hybridized carbons (Fsp3) is 1.00. The Morgan fingerprint density at radius 2 is 1.95 bits per heavy atom. The van der Waals surface area contributed by atoms with Crippen molar-refractivity contribution in [1.29, 1.82) is 0 Å². The van der Waals surface area contributed by atoms with Crippen LogP contribution >= 0.6 is 0 Å². The minimum atomic E-state index is 0.304. The van der Waals surface area contributed by atoms with Crippen LogP contribution in [-0.4, -0.2) is 54.6 Å². The molecule has 124 valence electrons. The van der Waals surface area contributed by atoms with E-state index in [1.807, 2.05) is 0 Å². The van der Waals surface area contributed by atoms with Gasteiger partial charge in [-0.15, -0.1) is 0 Å². The Kier molecular flexibility index (Phi) is 6.97. The minimum absolute atomic E-state index is 0.304. The van der Waals surface area contributed by atoms with E-state index in [0.29, 0.717) is 5.54 Å². The molecule has 3 heteroatoms. The summed E-state index contributed by atoms with van der Waals surface area (Å²) in [5.74, 6) is 0.847. The molecule has 0 bridgehead atoms. The van der Waals surface area contributed by atoms with Gasteiger partial charge in [-0.1, -0.05) is 26.7 Å². The number of nitrogens with two attached hydrogens (primary N) is 1. The number of likely N-dealkylation sites (tertiary alicyclic amines) is 1. The Morgan fingerprint density at radius 3 is 2.57 bits per heavy atom. The van der Waals surface area contributed by atoms with E-state index in [4.69, 9.17) is 5.73 Å². The molecule has 0 spiro atoms. The Hall–Kier alpha value is -0.120. The maximum atomic E-state index is 6.27. The lowest BCUT2D eigenvalue weighted by Gasteiger charge is -2.48. The Labute approximate surface area is 132 Å². The smallest absolute Gasteiger partial charge is 0.0334 e. The fourth-order valence-electron chi connectivity index (χ4n) is 4.58. The highest BCUT2D eigenvalue weighted by Gasteiger charge is 2.38. The van der Waals surface area contributed by atoms with E-state index in [-0.39, 0.29) is 0 Å². The molecule has 2 N–H and O–H groups in total. The molecule has 2 rings (SSSR count). The predicted molar refractivity (Wildman–Crippen MR) is 91.6 cm³/mol. The topological polar surface area (TPSA) is 32.5 Å². The molecule has 1 aliphatic carbocycles. The zero-order chi connectivity index (χ0) is 15.1. The second kappa shape index (κ2) is 8.50. The molecule has 1 aliphatic heterocycles. The molecule has 0 aromatic carbocycles. The van der Waals surface area contributed by atoms with Crippen LogP contribution in [0, 0.1) is 5.92 Å². The van der Waals surface area contributed by atoms with Gasteiger partial charge < -0.3 is 10.6 Å². The van der Waals surface area contributed by atoms with Crippen molar-refractivity contribution in [3.8, 4) is 0 Å². The monoisotopic (exact) mass is 295 g/mol. The molecule has 21 heavy (non-hydrogen) atoms. The lowest BCUT2D eigenvalue weighted by molar-refractivity contribution is 0.0361. The van der Waals surface area contributed by atoms with Crippen molar-refractivity contribution in [2.45, 2.75) is 70.8 Å². The lowest BCUT2D eigenvalue weighted by Crippen LogP contribution is -2.56. The van der Waals surface area contributed by atoms with Crippen LogP contribution < -0.4 is 5.73 Å². The Bertz CT molecular complexity index is 288. The molecule has 1 saturated carbocycles. The summed E-state index contributed by atoms with van der Waals surface area (Å²) in [5, 5.41) is 0. The maximum absolute atomic E-state index is 6.27. The summed E-state index contributed by atoms with van der Waals surface area (Å²) < 4.78 is 0. The van der Waals surface area contributed by atoms with E-state index in [9.17, 15) is 0 Å². The Balaban J connectivity index is 1.88. The largest absolute Gasteiger partial charge is 0.329 e. The molecule has 3 nitrogen and oxygen atoms in total. The molecule has 1 heterocycles. The summed E-state index contributed by atoms with van der Waals surface area (Å²) in [7, 11) is 0. The van der Waals surface area contributed by atoms with Gasteiger partial charge in [-0.3, -0.25) is 4.90 Å². The summed E-state index contributed by atoms with van der Waals surface area (Å²) in [6.45, 7) is 12.0. The minimum Gasteiger partial charge on any atom is -0.329 e. The molecular formula is C18H37N3. The van der Waals surface area contributed by atoms with Crippen LogP contribution in [0.4, 0.5) is 0 Å². The van der Waals surface area contributed by atoms with E-state index < -0.39 is 0 Å². The van der Waals surface area contributed by atoms with E-state index in [2.05, 4.69) is 23.6 Å². The summed E-state index contributed by atoms with van der Waals surface area (Å²) in [5.41, 5.74) is 6.58. The van der Waals surface area contributed by atoms with Gasteiger partial charge in [0.05, 0.1) is 0 Å². The van der Waals surface area contributed by atoms with Crippen LogP contribution in [0.1, 0.15) is 65.2 Å². The van der Waals surface area contributed by atoms with Crippen molar-refractivity contribution >= 4 is 0 Å². The van der Waals surface area contributed by atoms with Gasteiger partial charge in [-0.2, -0.15) is 0 Å². The molecular weight excluding hydrogens is 258 g/mol. The van der Waals surface area contributed by atoms with Crippen LogP contribution in [-0.2, 0) is 0 Å². The number of nitrogens with zero attached hydrogens (tertiary/aromatic N) is 2. The number of hydrogen-bond donors (Lipinski definition) is 1. The third-order valence-corrected chi connectivity index (χ3v) is 5.71. The molecule has 2 fully saturated rings. The van der Waals surface area contributed by atoms with Gasteiger partial charge in [-0.05, 0) is 77.2 Å². The summed E-state index contributed by atoms with van der Waals surface area (Å²) in [6.07, 6.45) is 10.8. The van der Waals surface area contributed by atoms with Crippen LogP contribution in [0.2, 0.25) is 0 Å². The molecule has 2 unspecified atom stereocenters. The average Bonchev–Trinajstić information content (AvgIpc) is 2.99. The van der Waals surface area contributed by atoms with E-state index in [0.717, 1.165) is 12.5 Å². The predicted octanol–water partition coefficient (Wildman–Crippen LogP) is 3.09. The number of hydrogen-bond acceptors (Lipinski definition) is 3. The molecule has 0 amide bonds. The van der Waals surface area contributed by atoms with Crippen molar-refractivity contribution in [2.24, 2.45) is 11.7 Å². The zero-order valence-electron chi connectivity index (χ0n) is 14.4. The second-order valence-electron chi connectivity index (χ2n) is 7.52. The normalized spacial score (nSPS) is 31.1. The van der Waals surface area contributed by atoms with Crippen LogP contribution in [0.25, 0.3) is 0 Å². The highest BCUT2D eigenvalue weighted by molar-refractivity contribution is 4.96. The number of rotatable bonds is 8. The highest BCUT2D eigenvalue weighted by atomic mass is 15.2. The zero-order valence-corrected chi connectivity index (χ0v) is 14.4. The summed E-state index contributed by atoms with van der Waals surface area (Å²) in [6, 6.07) is 0. The average molecular weight is 296 g/mol. The van der Waals surface area contributed by atoms with Gasteiger partial charge in [0.15, 0.2) is 0 Å². The van der Waals surface area contributed by atoms with Crippen LogP contribution in [0.15, 0.2) is 0 Å². The first-order chi connectivity index (χ1) is 10.2. The van der Waals surface area contributed by atoms with Gasteiger partial charge in [0.1, 0.15) is 0 Å². The van der Waals surface area contributed by atoms with Crippen LogP contribution in [0.5, 0.6) is 0 Å². The van der Waals surface area contributed by atoms with Crippen LogP contribution in [0.3, 0.4) is 0 Å². The molecule has 1 saturated heterocycles. The van der Waals surface area contributed by atoms with Crippen molar-refractivity contribution in [2.75, 3.05) is 39.3 Å². The fourth-order valence-corrected chi connectivity index (χ4v) is 4.58. The van der Waals surface area contributed by atoms with Crippen molar-refractivity contribution in [1.82, 2.24) is 9.80 Å². The quantitative estimate of drug-likeness (QED) is 0.747. The summed E-state index contributed by atoms with van der Waals surface area (Å²) in [4.78, 5) is 5.40. The van der Waals surface area contributed by atoms with Gasteiger partial charge in [0.25, 0.3) is 0 Å². The van der Waals surface area contributed by atoms with Gasteiger partial charge in [0.2, 0.25) is 0 Å². The lowest BCUT2D eigenvalue weighted by atomic mass is 9.75. The van der Waals surface area contributed by atoms with E-state index in [1.165, 1.54) is 84.1 Å². The first-order valence-corrected chi connectivity index (χ1v) is 9.37. The first-order valence-electron chi connectivity index (χ1n) is 9.37. The summed E-state index contributed by atoms with van der Waals surface area (Å²) >= 11 is 0. The van der Waals surface area contributed by atoms with E-state index >= 15 is 0 Å². The highest BCUT2D eigenvalue weighted by Crippen LogP contribution is 2.36. The van der Waals surface area contributed by atoms with Crippen molar-refractivity contribution < 1.29 is 0 Å². The Morgan fingerprint density at radius 1 is 1.19 bits per heavy atom. The molecule has 0 aromatic rings. The first kappa shape index (κ1) is 17.2. The second-order valence-corrected chi connectivity index (χ2v) is 7.52.